The second-order valence-corrected chi connectivity index (χ2v) is 4.98. The normalized spacial score (nSPS) is 10.4. The van der Waals surface area contributed by atoms with Gasteiger partial charge in [-0.1, -0.05) is 11.6 Å². The van der Waals surface area contributed by atoms with Crippen molar-refractivity contribution in [3.63, 3.8) is 0 Å². The number of hydrogen-bond donors (Lipinski definition) is 1. The zero-order chi connectivity index (χ0) is 15.7. The van der Waals surface area contributed by atoms with Gasteiger partial charge in [-0.25, -0.2) is 9.97 Å². The Morgan fingerprint density at radius 2 is 2.18 bits per heavy atom. The Balaban J connectivity index is 2.07. The third-order valence-electron chi connectivity index (χ3n) is 3.08. The molecule has 22 heavy (non-hydrogen) atoms. The van der Waals surface area contributed by atoms with Gasteiger partial charge in [0.2, 0.25) is 5.91 Å². The van der Waals surface area contributed by atoms with Crippen molar-refractivity contribution in [2.45, 2.75) is 6.92 Å². The van der Waals surface area contributed by atoms with Crippen LogP contribution in [-0.4, -0.2) is 20.3 Å². The highest BCUT2D eigenvalue weighted by atomic mass is 35.5. The van der Waals surface area contributed by atoms with Gasteiger partial charge in [0.15, 0.2) is 0 Å². The third-order valence-corrected chi connectivity index (χ3v) is 3.37. The Kier molecular flexibility index (Phi) is 3.49. The van der Waals surface area contributed by atoms with Crippen LogP contribution < -0.4 is 5.32 Å². The second kappa shape index (κ2) is 5.47. The number of nitriles is 1. The molecule has 0 saturated heterocycles. The number of nitrogens with zero attached hydrogens (tertiary/aromatic N) is 4. The van der Waals surface area contributed by atoms with Crippen LogP contribution in [0.15, 0.2) is 36.7 Å². The van der Waals surface area contributed by atoms with Gasteiger partial charge in [-0.05, 0) is 24.3 Å². The number of hydrogen-bond acceptors (Lipinski definition) is 4. The number of imidazole rings is 1. The van der Waals surface area contributed by atoms with E-state index in [0.29, 0.717) is 22.7 Å². The van der Waals surface area contributed by atoms with Crippen LogP contribution in [0.1, 0.15) is 12.6 Å². The van der Waals surface area contributed by atoms with Crippen molar-refractivity contribution in [3.05, 3.63) is 47.5 Å². The predicted octanol–water partition coefficient (Wildman–Crippen LogP) is 2.88. The second-order valence-electron chi connectivity index (χ2n) is 4.62. The molecule has 108 valence electrons. The minimum Gasteiger partial charge on any atom is -0.311 e. The fourth-order valence-electron chi connectivity index (χ4n) is 2.12. The fourth-order valence-corrected chi connectivity index (χ4v) is 2.39. The molecular formula is C15H10ClN5O. The van der Waals surface area contributed by atoms with E-state index in [2.05, 4.69) is 21.4 Å². The van der Waals surface area contributed by atoms with Crippen LogP contribution in [0, 0.1) is 11.3 Å². The van der Waals surface area contributed by atoms with Gasteiger partial charge < -0.3 is 5.32 Å². The van der Waals surface area contributed by atoms with Gasteiger partial charge in [0.1, 0.15) is 28.4 Å². The van der Waals surface area contributed by atoms with Crippen molar-refractivity contribution in [1.29, 1.82) is 5.26 Å². The summed E-state index contributed by atoms with van der Waals surface area (Å²) < 4.78 is 1.69. The zero-order valence-corrected chi connectivity index (χ0v) is 12.3. The molecule has 0 aliphatic heterocycles. The predicted molar refractivity (Wildman–Crippen MR) is 82.5 cm³/mol. The van der Waals surface area contributed by atoms with Crippen LogP contribution in [-0.2, 0) is 4.79 Å². The van der Waals surface area contributed by atoms with E-state index in [1.54, 1.807) is 28.8 Å². The highest BCUT2D eigenvalue weighted by Gasteiger charge is 2.09. The Morgan fingerprint density at radius 3 is 2.86 bits per heavy atom. The topological polar surface area (TPSA) is 83.1 Å². The molecule has 0 saturated carbocycles. The summed E-state index contributed by atoms with van der Waals surface area (Å²) in [5.41, 5.74) is 2.62. The van der Waals surface area contributed by atoms with Crippen molar-refractivity contribution >= 4 is 29.0 Å². The number of amides is 1. The average molecular weight is 312 g/mol. The molecule has 0 atom stereocenters. The first-order chi connectivity index (χ1) is 10.6. The average Bonchev–Trinajstić information content (AvgIpc) is 2.89. The number of fused-ring (bicyclic) bond motifs is 1. The highest BCUT2D eigenvalue weighted by molar-refractivity contribution is 6.32. The summed E-state index contributed by atoms with van der Waals surface area (Å²) in [7, 11) is 0. The molecule has 0 spiro atoms. The number of carbonyl (C=O) groups excluding carboxylic acids is 1. The SMILES string of the molecule is CC(=O)Nc1ccc(-c2ccc3ncc(C#N)n3c2)c(Cl)n1. The molecule has 0 unspecified atom stereocenters. The minimum atomic E-state index is -0.213. The van der Waals surface area contributed by atoms with Crippen LogP contribution in [0.25, 0.3) is 16.8 Å². The first-order valence-electron chi connectivity index (χ1n) is 6.40. The van der Waals surface area contributed by atoms with E-state index >= 15 is 0 Å². The summed E-state index contributed by atoms with van der Waals surface area (Å²) in [5, 5.41) is 11.9. The summed E-state index contributed by atoms with van der Waals surface area (Å²) >= 11 is 6.19. The summed E-state index contributed by atoms with van der Waals surface area (Å²) in [5.74, 6) is 0.178. The van der Waals surface area contributed by atoms with Crippen LogP contribution in [0.5, 0.6) is 0 Å². The first kappa shape index (κ1) is 14.0. The van der Waals surface area contributed by atoms with Crippen LogP contribution in [0.4, 0.5) is 5.82 Å². The maximum Gasteiger partial charge on any atom is 0.222 e. The van der Waals surface area contributed by atoms with Crippen molar-refractivity contribution in [3.8, 4) is 17.2 Å². The molecule has 0 bridgehead atoms. The van der Waals surface area contributed by atoms with E-state index in [1.807, 2.05) is 6.07 Å². The molecule has 0 radical (unpaired) electrons. The number of anilines is 1. The molecule has 7 heteroatoms. The maximum atomic E-state index is 11.0. The number of pyridine rings is 2. The molecule has 0 fully saturated rings. The lowest BCUT2D eigenvalue weighted by Gasteiger charge is -2.07. The number of aromatic nitrogens is 3. The molecule has 3 aromatic rings. The lowest BCUT2D eigenvalue weighted by molar-refractivity contribution is -0.114. The molecule has 3 aromatic heterocycles. The lowest BCUT2D eigenvalue weighted by atomic mass is 10.1. The molecule has 0 aliphatic carbocycles. The third kappa shape index (κ3) is 2.50. The minimum absolute atomic E-state index is 0.213. The van der Waals surface area contributed by atoms with Crippen LogP contribution >= 0.6 is 11.6 Å². The monoisotopic (exact) mass is 311 g/mol. The number of rotatable bonds is 2. The Hall–Kier alpha value is -2.91. The van der Waals surface area contributed by atoms with Crippen molar-refractivity contribution in [1.82, 2.24) is 14.4 Å². The summed E-state index contributed by atoms with van der Waals surface area (Å²) in [4.78, 5) is 19.3. The lowest BCUT2D eigenvalue weighted by Crippen LogP contribution is -2.07. The Morgan fingerprint density at radius 1 is 1.36 bits per heavy atom. The Bertz CT molecular complexity index is 925. The van der Waals surface area contributed by atoms with Gasteiger partial charge in [0, 0.05) is 24.2 Å². The molecule has 3 heterocycles. The van der Waals surface area contributed by atoms with Gasteiger partial charge >= 0.3 is 0 Å². The van der Waals surface area contributed by atoms with E-state index in [0.717, 1.165) is 5.56 Å². The van der Waals surface area contributed by atoms with Gasteiger partial charge in [0.05, 0.1) is 6.20 Å². The fraction of sp³-hybridized carbons (Fsp3) is 0.0667. The smallest absolute Gasteiger partial charge is 0.222 e. The van der Waals surface area contributed by atoms with E-state index in [1.165, 1.54) is 13.1 Å². The first-order valence-corrected chi connectivity index (χ1v) is 6.78. The van der Waals surface area contributed by atoms with Gasteiger partial charge in [-0.2, -0.15) is 5.26 Å². The van der Waals surface area contributed by atoms with E-state index in [9.17, 15) is 4.79 Å². The molecule has 6 nitrogen and oxygen atoms in total. The summed E-state index contributed by atoms with van der Waals surface area (Å²) in [6, 6.07) is 9.17. The van der Waals surface area contributed by atoms with Crippen molar-refractivity contribution in [2.24, 2.45) is 0 Å². The molecular weight excluding hydrogens is 302 g/mol. The highest BCUT2D eigenvalue weighted by Crippen LogP contribution is 2.28. The van der Waals surface area contributed by atoms with Crippen molar-refractivity contribution in [2.75, 3.05) is 5.32 Å². The number of nitrogens with one attached hydrogen (secondary N) is 1. The zero-order valence-electron chi connectivity index (χ0n) is 11.5. The number of carbonyl (C=O) groups is 1. The molecule has 3 rings (SSSR count). The quantitative estimate of drug-likeness (QED) is 0.738. The Labute approximate surface area is 131 Å². The van der Waals surface area contributed by atoms with E-state index in [4.69, 9.17) is 16.9 Å². The van der Waals surface area contributed by atoms with Gasteiger partial charge in [0.25, 0.3) is 0 Å². The van der Waals surface area contributed by atoms with Crippen LogP contribution in [0.2, 0.25) is 5.15 Å². The van der Waals surface area contributed by atoms with Crippen LogP contribution in [0.3, 0.4) is 0 Å². The van der Waals surface area contributed by atoms with E-state index < -0.39 is 0 Å². The largest absolute Gasteiger partial charge is 0.311 e. The standard InChI is InChI=1S/C15H10ClN5O/c1-9(22)19-13-4-3-12(15(16)20-13)10-2-5-14-18-7-11(6-17)21(14)8-10/h2-5,7-8H,1H3,(H,19,20,22). The molecule has 1 N–H and O–H groups in total. The van der Waals surface area contributed by atoms with Crippen molar-refractivity contribution < 1.29 is 4.79 Å². The summed E-state index contributed by atoms with van der Waals surface area (Å²) in [6.07, 6.45) is 3.29. The molecule has 1 amide bonds. The number of halogens is 1. The maximum absolute atomic E-state index is 11.0. The summed E-state index contributed by atoms with van der Waals surface area (Å²) in [6.45, 7) is 1.40. The molecule has 0 aromatic carbocycles. The van der Waals surface area contributed by atoms with Gasteiger partial charge in [-0.15, -0.1) is 0 Å². The molecule has 0 aliphatic rings. The van der Waals surface area contributed by atoms with Gasteiger partial charge in [-0.3, -0.25) is 9.20 Å². The van der Waals surface area contributed by atoms with E-state index in [-0.39, 0.29) is 11.1 Å².